The summed E-state index contributed by atoms with van der Waals surface area (Å²) in [5, 5.41) is 21.6. The Kier molecular flexibility index (Phi) is 4.41. The molecule has 7 nitrogen and oxygen atoms in total. The van der Waals surface area contributed by atoms with Gasteiger partial charge in [-0.3, -0.25) is 4.90 Å². The Morgan fingerprint density at radius 3 is 3.00 bits per heavy atom. The van der Waals surface area contributed by atoms with Gasteiger partial charge in [0.1, 0.15) is 18.5 Å². The molecule has 19 heavy (non-hydrogen) atoms. The van der Waals surface area contributed by atoms with Gasteiger partial charge in [0.05, 0.1) is 12.7 Å². The predicted octanol–water partition coefficient (Wildman–Crippen LogP) is -0.551. The van der Waals surface area contributed by atoms with Crippen LogP contribution in [-0.2, 0) is 4.74 Å². The van der Waals surface area contributed by atoms with Crippen LogP contribution >= 0.6 is 0 Å². The number of carbonyl (C=O) groups excluding carboxylic acids is 1. The second kappa shape index (κ2) is 5.87. The maximum absolute atomic E-state index is 11.9. The van der Waals surface area contributed by atoms with E-state index in [1.54, 1.807) is 6.20 Å². The van der Waals surface area contributed by atoms with Gasteiger partial charge in [-0.2, -0.15) is 0 Å². The van der Waals surface area contributed by atoms with Crippen molar-refractivity contribution in [3.63, 3.8) is 0 Å². The first-order chi connectivity index (χ1) is 9.02. The molecule has 0 aromatic rings. The maximum Gasteiger partial charge on any atom is 0.325 e. The summed E-state index contributed by atoms with van der Waals surface area (Å²) in [4.78, 5) is 13.4. The number of nitrogens with zero attached hydrogens (tertiary/aromatic N) is 1. The zero-order valence-electron chi connectivity index (χ0n) is 11.0. The average molecular weight is 271 g/mol. The number of nitrogens with two attached hydrogens (primary N) is 1. The van der Waals surface area contributed by atoms with Gasteiger partial charge >= 0.3 is 6.03 Å². The molecule has 4 atom stereocenters. The molecule has 2 aliphatic rings. The summed E-state index contributed by atoms with van der Waals surface area (Å²) in [6.07, 6.45) is 1.23. The van der Waals surface area contributed by atoms with Crippen molar-refractivity contribution in [2.45, 2.75) is 50.8 Å². The molecule has 1 unspecified atom stereocenters. The molecular weight excluding hydrogens is 250 g/mol. The minimum Gasteiger partial charge on any atom is -0.394 e. The number of nitrogens with one attached hydrogen (secondary N) is 1. The highest BCUT2D eigenvalue weighted by Crippen LogP contribution is 2.23. The van der Waals surface area contributed by atoms with E-state index in [-0.39, 0.29) is 12.6 Å². The van der Waals surface area contributed by atoms with Gasteiger partial charge in [0.25, 0.3) is 0 Å². The van der Waals surface area contributed by atoms with E-state index in [9.17, 15) is 15.0 Å². The van der Waals surface area contributed by atoms with Crippen LogP contribution in [0.15, 0.2) is 11.8 Å². The van der Waals surface area contributed by atoms with Gasteiger partial charge in [0, 0.05) is 6.20 Å². The molecule has 0 saturated carbocycles. The molecule has 1 saturated heterocycles. The van der Waals surface area contributed by atoms with Crippen LogP contribution in [0.2, 0.25) is 0 Å². The Bertz CT molecular complexity index is 374. The highest BCUT2D eigenvalue weighted by Gasteiger charge is 2.34. The second-order valence-corrected chi connectivity index (χ2v) is 5.02. The first-order valence-corrected chi connectivity index (χ1v) is 6.50. The van der Waals surface area contributed by atoms with Crippen molar-refractivity contribution in [3.05, 3.63) is 11.8 Å². The Labute approximate surface area is 112 Å². The lowest BCUT2D eigenvalue weighted by Gasteiger charge is -2.35. The fourth-order valence-corrected chi connectivity index (χ4v) is 2.31. The summed E-state index contributed by atoms with van der Waals surface area (Å²) in [7, 11) is 0. The van der Waals surface area contributed by atoms with E-state index in [0.29, 0.717) is 12.8 Å². The van der Waals surface area contributed by atoms with Gasteiger partial charge in [0.2, 0.25) is 0 Å². The Balaban J connectivity index is 2.14. The van der Waals surface area contributed by atoms with Crippen molar-refractivity contribution >= 4 is 6.03 Å². The van der Waals surface area contributed by atoms with E-state index in [1.165, 1.54) is 4.90 Å². The first kappa shape index (κ1) is 14.3. The minimum absolute atomic E-state index is 0.269. The van der Waals surface area contributed by atoms with Gasteiger partial charge in [-0.25, -0.2) is 4.79 Å². The lowest BCUT2D eigenvalue weighted by molar-refractivity contribution is -0.118. The topological polar surface area (TPSA) is 108 Å². The van der Waals surface area contributed by atoms with Gasteiger partial charge in [-0.1, -0.05) is 0 Å². The molecule has 2 rings (SSSR count). The van der Waals surface area contributed by atoms with Gasteiger partial charge in [-0.15, -0.1) is 0 Å². The SMILES string of the molecule is CC1=CN([C@H]2CCC[C@H](O)[C@@H](CO)O2)C(=O)NC1N. The quantitative estimate of drug-likeness (QED) is 0.539. The van der Waals surface area contributed by atoms with Crippen LogP contribution in [0.5, 0.6) is 0 Å². The van der Waals surface area contributed by atoms with E-state index in [0.717, 1.165) is 12.0 Å². The summed E-state index contributed by atoms with van der Waals surface area (Å²) in [5.41, 5.74) is 6.55. The first-order valence-electron chi connectivity index (χ1n) is 6.50. The zero-order chi connectivity index (χ0) is 14.0. The third-order valence-corrected chi connectivity index (χ3v) is 3.55. The number of aliphatic hydroxyl groups excluding tert-OH is 2. The Morgan fingerprint density at radius 1 is 1.58 bits per heavy atom. The highest BCUT2D eigenvalue weighted by molar-refractivity contribution is 5.77. The molecule has 0 aromatic heterocycles. The molecule has 0 spiro atoms. The molecule has 2 aliphatic heterocycles. The lowest BCUT2D eigenvalue weighted by Crippen LogP contribution is -2.55. The number of hydrogen-bond donors (Lipinski definition) is 4. The smallest absolute Gasteiger partial charge is 0.325 e. The van der Waals surface area contributed by atoms with Crippen molar-refractivity contribution in [1.29, 1.82) is 0 Å². The van der Waals surface area contributed by atoms with Crippen molar-refractivity contribution in [2.75, 3.05) is 6.61 Å². The molecule has 0 bridgehead atoms. The van der Waals surface area contributed by atoms with Crippen LogP contribution < -0.4 is 11.1 Å². The second-order valence-electron chi connectivity index (χ2n) is 5.02. The van der Waals surface area contributed by atoms with Gasteiger partial charge in [-0.05, 0) is 31.8 Å². The number of aliphatic hydroxyl groups is 2. The van der Waals surface area contributed by atoms with E-state index in [4.69, 9.17) is 10.5 Å². The standard InChI is InChI=1S/C12H21N3O4/c1-7-5-15(12(18)14-11(7)13)10-4-2-3-8(17)9(6-16)19-10/h5,8-11,16-17H,2-4,6,13H2,1H3,(H,14,18)/t8-,9+,10+,11?/m0/s1. The number of rotatable bonds is 2. The summed E-state index contributed by atoms with van der Waals surface area (Å²) in [6.45, 7) is 1.56. The summed E-state index contributed by atoms with van der Waals surface area (Å²) in [5.74, 6) is 0. The van der Waals surface area contributed by atoms with Crippen molar-refractivity contribution in [2.24, 2.45) is 5.73 Å². The van der Waals surface area contributed by atoms with E-state index < -0.39 is 24.6 Å². The third-order valence-electron chi connectivity index (χ3n) is 3.55. The molecule has 108 valence electrons. The van der Waals surface area contributed by atoms with E-state index >= 15 is 0 Å². The summed E-state index contributed by atoms with van der Waals surface area (Å²) >= 11 is 0. The third kappa shape index (κ3) is 3.06. The van der Waals surface area contributed by atoms with Gasteiger partial charge in [0.15, 0.2) is 0 Å². The van der Waals surface area contributed by atoms with Crippen molar-refractivity contribution < 1.29 is 19.7 Å². The molecular formula is C12H21N3O4. The number of ether oxygens (including phenoxy) is 1. The summed E-state index contributed by atoms with van der Waals surface area (Å²) in [6, 6.07) is -0.323. The molecule has 7 heteroatoms. The summed E-state index contributed by atoms with van der Waals surface area (Å²) < 4.78 is 5.65. The molecule has 2 amide bonds. The highest BCUT2D eigenvalue weighted by atomic mass is 16.5. The lowest BCUT2D eigenvalue weighted by atomic mass is 10.1. The average Bonchev–Trinajstić information content (AvgIpc) is 2.55. The molecule has 0 aliphatic carbocycles. The van der Waals surface area contributed by atoms with Gasteiger partial charge < -0.3 is 26.0 Å². The largest absolute Gasteiger partial charge is 0.394 e. The number of amides is 2. The maximum atomic E-state index is 11.9. The molecule has 5 N–H and O–H groups in total. The minimum atomic E-state index is -0.699. The van der Waals surface area contributed by atoms with Crippen LogP contribution in [0.1, 0.15) is 26.2 Å². The van der Waals surface area contributed by atoms with E-state index in [2.05, 4.69) is 5.32 Å². The van der Waals surface area contributed by atoms with Crippen LogP contribution in [0.4, 0.5) is 4.79 Å². The van der Waals surface area contributed by atoms with Crippen molar-refractivity contribution in [3.8, 4) is 0 Å². The number of urea groups is 1. The Hall–Kier alpha value is -1.15. The fourth-order valence-electron chi connectivity index (χ4n) is 2.31. The van der Waals surface area contributed by atoms with E-state index in [1.807, 2.05) is 6.92 Å². The number of hydrogen-bond acceptors (Lipinski definition) is 5. The number of carbonyl (C=O) groups is 1. The Morgan fingerprint density at radius 2 is 2.32 bits per heavy atom. The van der Waals surface area contributed by atoms with Crippen molar-refractivity contribution in [1.82, 2.24) is 10.2 Å². The zero-order valence-corrected chi connectivity index (χ0v) is 11.0. The van der Waals surface area contributed by atoms with Crippen LogP contribution in [0.3, 0.4) is 0 Å². The normalized spacial score (nSPS) is 36.5. The molecule has 1 fully saturated rings. The monoisotopic (exact) mass is 271 g/mol. The van der Waals surface area contributed by atoms with Crippen LogP contribution in [-0.4, -0.2) is 52.4 Å². The van der Waals surface area contributed by atoms with Crippen LogP contribution in [0, 0.1) is 0 Å². The molecule has 0 aromatic carbocycles. The van der Waals surface area contributed by atoms with Crippen LogP contribution in [0.25, 0.3) is 0 Å². The molecule has 2 heterocycles. The fraction of sp³-hybridized carbons (Fsp3) is 0.750. The molecule has 0 radical (unpaired) electrons. The predicted molar refractivity (Wildman–Crippen MR) is 67.7 cm³/mol.